The molecule has 30 heavy (non-hydrogen) atoms. The van der Waals surface area contributed by atoms with Crippen molar-refractivity contribution in [1.82, 2.24) is 0 Å². The number of aryl methyl sites for hydroxylation is 2. The Morgan fingerprint density at radius 2 is 1.87 bits per heavy atom. The number of benzene rings is 2. The molecular formula is C20H21F3N2O4S. The van der Waals surface area contributed by atoms with Gasteiger partial charge in [0.1, 0.15) is 6.10 Å². The van der Waals surface area contributed by atoms with E-state index in [0.717, 1.165) is 11.6 Å². The lowest BCUT2D eigenvalue weighted by molar-refractivity contribution is -0.137. The highest BCUT2D eigenvalue weighted by molar-refractivity contribution is 7.92. The molecule has 162 valence electrons. The van der Waals surface area contributed by atoms with Crippen LogP contribution in [0.5, 0.6) is 0 Å². The van der Waals surface area contributed by atoms with E-state index in [0.29, 0.717) is 31.1 Å². The number of hydrogen-bond acceptors (Lipinski definition) is 4. The highest BCUT2D eigenvalue weighted by atomic mass is 32.2. The molecule has 0 spiro atoms. The minimum absolute atomic E-state index is 0.0997. The lowest BCUT2D eigenvalue weighted by Gasteiger charge is -2.18. The van der Waals surface area contributed by atoms with Crippen molar-refractivity contribution in [2.75, 3.05) is 16.6 Å². The number of anilines is 2. The molecule has 3 rings (SSSR count). The van der Waals surface area contributed by atoms with Crippen LogP contribution < -0.4 is 10.0 Å². The van der Waals surface area contributed by atoms with Crippen LogP contribution in [0.4, 0.5) is 24.5 Å². The van der Waals surface area contributed by atoms with Gasteiger partial charge in [-0.05, 0) is 56.5 Å². The Morgan fingerprint density at radius 1 is 1.13 bits per heavy atom. The first-order chi connectivity index (χ1) is 14.0. The van der Waals surface area contributed by atoms with Crippen LogP contribution >= 0.6 is 0 Å². The highest BCUT2D eigenvalue weighted by Crippen LogP contribution is 2.37. The van der Waals surface area contributed by atoms with E-state index in [4.69, 9.17) is 4.74 Å². The summed E-state index contributed by atoms with van der Waals surface area (Å²) in [6.45, 7) is 3.77. The van der Waals surface area contributed by atoms with E-state index in [1.165, 1.54) is 12.1 Å². The number of rotatable bonds is 5. The van der Waals surface area contributed by atoms with Gasteiger partial charge in [0.05, 0.1) is 16.1 Å². The van der Waals surface area contributed by atoms with Crippen LogP contribution in [0.1, 0.15) is 29.5 Å². The maximum Gasteiger partial charge on any atom is 0.418 e. The van der Waals surface area contributed by atoms with Crippen LogP contribution in [0.3, 0.4) is 0 Å². The summed E-state index contributed by atoms with van der Waals surface area (Å²) >= 11 is 0. The van der Waals surface area contributed by atoms with Gasteiger partial charge in [-0.3, -0.25) is 9.52 Å². The van der Waals surface area contributed by atoms with Crippen molar-refractivity contribution in [3.8, 4) is 0 Å². The first-order valence-electron chi connectivity index (χ1n) is 9.21. The first kappa shape index (κ1) is 22.1. The summed E-state index contributed by atoms with van der Waals surface area (Å²) in [5.41, 5.74) is -0.693. The van der Waals surface area contributed by atoms with Crippen LogP contribution in [-0.4, -0.2) is 27.0 Å². The number of alkyl halides is 3. The third-order valence-corrected chi connectivity index (χ3v) is 6.20. The number of carbonyl (C=O) groups is 1. The molecule has 1 aliphatic heterocycles. The summed E-state index contributed by atoms with van der Waals surface area (Å²) in [5, 5.41) is 2.39. The second-order valence-electron chi connectivity index (χ2n) is 7.12. The number of amides is 1. The number of halogens is 3. The molecule has 2 N–H and O–H groups in total. The van der Waals surface area contributed by atoms with Crippen molar-refractivity contribution in [3.05, 3.63) is 53.1 Å². The normalized spacial score (nSPS) is 17.0. The minimum Gasteiger partial charge on any atom is -0.368 e. The molecule has 0 aliphatic carbocycles. The summed E-state index contributed by atoms with van der Waals surface area (Å²) in [4.78, 5) is 12.0. The zero-order chi connectivity index (χ0) is 22.1. The van der Waals surface area contributed by atoms with E-state index >= 15 is 0 Å². The van der Waals surface area contributed by atoms with Crippen LogP contribution in [0, 0.1) is 13.8 Å². The molecular weight excluding hydrogens is 421 g/mol. The molecule has 1 aliphatic rings. The van der Waals surface area contributed by atoms with Gasteiger partial charge in [0.15, 0.2) is 0 Å². The zero-order valence-corrected chi connectivity index (χ0v) is 17.2. The Balaban J connectivity index is 1.91. The molecule has 2 aromatic carbocycles. The molecule has 1 atom stereocenters. The molecule has 1 amide bonds. The fourth-order valence-corrected chi connectivity index (χ4v) is 4.56. The summed E-state index contributed by atoms with van der Waals surface area (Å²) in [7, 11) is -4.25. The van der Waals surface area contributed by atoms with Crippen molar-refractivity contribution in [2.45, 2.75) is 43.9 Å². The fourth-order valence-electron chi connectivity index (χ4n) is 3.25. The Labute approximate surface area is 172 Å². The minimum atomic E-state index is -4.84. The molecule has 0 aromatic heterocycles. The quantitative estimate of drug-likeness (QED) is 0.726. The van der Waals surface area contributed by atoms with E-state index in [2.05, 4.69) is 5.32 Å². The predicted octanol–water partition coefficient (Wildman–Crippen LogP) is 4.24. The monoisotopic (exact) mass is 442 g/mol. The molecule has 0 bridgehead atoms. The molecule has 1 unspecified atom stereocenters. The maximum atomic E-state index is 13.6. The van der Waals surface area contributed by atoms with Gasteiger partial charge < -0.3 is 10.1 Å². The zero-order valence-electron chi connectivity index (χ0n) is 16.3. The van der Waals surface area contributed by atoms with Gasteiger partial charge in [-0.25, -0.2) is 8.42 Å². The largest absolute Gasteiger partial charge is 0.418 e. The SMILES string of the molecule is Cc1ccc(S(=O)(=O)Nc2ccc(NC(=O)C3CCCO3)cc2C(F)(F)F)c(C)c1. The van der Waals surface area contributed by atoms with Gasteiger partial charge in [0, 0.05) is 12.3 Å². The predicted molar refractivity (Wildman–Crippen MR) is 106 cm³/mol. The average molecular weight is 442 g/mol. The molecule has 1 saturated heterocycles. The first-order valence-corrected chi connectivity index (χ1v) is 10.7. The molecule has 1 fully saturated rings. The van der Waals surface area contributed by atoms with Crippen LogP contribution in [-0.2, 0) is 25.7 Å². The van der Waals surface area contributed by atoms with Crippen LogP contribution in [0.2, 0.25) is 0 Å². The van der Waals surface area contributed by atoms with E-state index in [-0.39, 0.29) is 10.6 Å². The van der Waals surface area contributed by atoms with Crippen LogP contribution in [0.25, 0.3) is 0 Å². The van der Waals surface area contributed by atoms with Gasteiger partial charge in [-0.2, -0.15) is 13.2 Å². The molecule has 6 nitrogen and oxygen atoms in total. The smallest absolute Gasteiger partial charge is 0.368 e. The van der Waals surface area contributed by atoms with Crippen molar-refractivity contribution < 1.29 is 31.1 Å². The molecule has 1 heterocycles. The second-order valence-corrected chi connectivity index (χ2v) is 8.77. The lowest BCUT2D eigenvalue weighted by Crippen LogP contribution is -2.27. The highest BCUT2D eigenvalue weighted by Gasteiger charge is 2.35. The van der Waals surface area contributed by atoms with Gasteiger partial charge in [0.25, 0.3) is 15.9 Å². The van der Waals surface area contributed by atoms with Gasteiger partial charge in [-0.15, -0.1) is 0 Å². The Hall–Kier alpha value is -2.59. The molecule has 0 radical (unpaired) electrons. The maximum absolute atomic E-state index is 13.6. The number of carbonyl (C=O) groups excluding carboxylic acids is 1. The van der Waals surface area contributed by atoms with Gasteiger partial charge in [0.2, 0.25) is 0 Å². The van der Waals surface area contributed by atoms with E-state index < -0.39 is 39.5 Å². The standard InChI is InChI=1S/C20H21F3N2O4S/c1-12-5-8-18(13(2)10-12)30(27,28)25-16-7-6-14(11-15(16)20(21,22)23)24-19(26)17-4-3-9-29-17/h5-8,10-11,17,25H,3-4,9H2,1-2H3,(H,24,26). The van der Waals surface area contributed by atoms with Gasteiger partial charge in [-0.1, -0.05) is 17.7 Å². The van der Waals surface area contributed by atoms with Crippen molar-refractivity contribution in [3.63, 3.8) is 0 Å². The summed E-state index contributed by atoms with van der Waals surface area (Å²) in [5.74, 6) is -0.538. The van der Waals surface area contributed by atoms with Crippen molar-refractivity contribution in [1.29, 1.82) is 0 Å². The average Bonchev–Trinajstić information content (AvgIpc) is 3.16. The van der Waals surface area contributed by atoms with Crippen molar-refractivity contribution >= 4 is 27.3 Å². The topological polar surface area (TPSA) is 84.5 Å². The second kappa shape index (κ2) is 8.27. The molecule has 0 saturated carbocycles. The summed E-state index contributed by atoms with van der Waals surface area (Å²) in [6.07, 6.45) is -4.36. The van der Waals surface area contributed by atoms with Gasteiger partial charge >= 0.3 is 6.18 Å². The van der Waals surface area contributed by atoms with E-state index in [1.54, 1.807) is 26.0 Å². The Morgan fingerprint density at radius 3 is 2.47 bits per heavy atom. The third kappa shape index (κ3) is 4.93. The number of sulfonamides is 1. The summed E-state index contributed by atoms with van der Waals surface area (Å²) in [6, 6.07) is 7.43. The van der Waals surface area contributed by atoms with E-state index in [9.17, 15) is 26.4 Å². The van der Waals surface area contributed by atoms with Crippen molar-refractivity contribution in [2.24, 2.45) is 0 Å². The Kier molecular flexibility index (Phi) is 6.09. The number of hydrogen-bond donors (Lipinski definition) is 2. The molecule has 2 aromatic rings. The summed E-state index contributed by atoms with van der Waals surface area (Å²) < 4.78 is 73.4. The van der Waals surface area contributed by atoms with E-state index in [1.807, 2.05) is 4.72 Å². The Bertz CT molecular complexity index is 1060. The molecule has 10 heteroatoms. The fraction of sp³-hybridized carbons (Fsp3) is 0.350. The number of nitrogens with one attached hydrogen (secondary N) is 2. The number of ether oxygens (including phenoxy) is 1. The lowest BCUT2D eigenvalue weighted by atomic mass is 10.1. The van der Waals surface area contributed by atoms with Crippen LogP contribution in [0.15, 0.2) is 41.3 Å². The third-order valence-electron chi connectivity index (χ3n) is 4.68.